The summed E-state index contributed by atoms with van der Waals surface area (Å²) in [5, 5.41) is 7.60. The van der Waals surface area contributed by atoms with Crippen molar-refractivity contribution in [1.29, 1.82) is 0 Å². The number of hydrogen-bond acceptors (Lipinski definition) is 0. The van der Waals surface area contributed by atoms with Crippen molar-refractivity contribution >= 4 is 65.4 Å². The third-order valence-electron chi connectivity index (χ3n) is 11.8. The van der Waals surface area contributed by atoms with E-state index in [2.05, 4.69) is 226 Å². The van der Waals surface area contributed by atoms with Crippen LogP contribution in [0, 0.1) is 0 Å². The van der Waals surface area contributed by atoms with Gasteiger partial charge in [0.1, 0.15) is 0 Å². The standard InChI is InChI=1S/C54H35N3/c1-3-15-36(16-4-1)38-17-13-20-41(35-38)57-46-25-10-7-21-43(46)52-42(24-14-28-49(52)57)37-29-31-40(32-30-37)56-48-27-12-9-23-45(48)54-51(56)34-33-50-53(54)44-22-8-11-26-47(44)55(50)39-18-5-2-6-19-39/h1-35H. The summed E-state index contributed by atoms with van der Waals surface area (Å²) in [6.07, 6.45) is 0. The summed E-state index contributed by atoms with van der Waals surface area (Å²) in [7, 11) is 0. The van der Waals surface area contributed by atoms with Gasteiger partial charge in [-0.2, -0.15) is 0 Å². The molecule has 0 N–H and O–H groups in total. The fourth-order valence-electron chi connectivity index (χ4n) is 9.43. The minimum absolute atomic E-state index is 1.14. The molecule has 3 heteroatoms. The van der Waals surface area contributed by atoms with Crippen molar-refractivity contribution in [3.8, 4) is 39.3 Å². The number of rotatable bonds is 5. The van der Waals surface area contributed by atoms with Gasteiger partial charge < -0.3 is 13.7 Å². The Morgan fingerprint density at radius 1 is 0.228 bits per heavy atom. The molecule has 0 amide bonds. The van der Waals surface area contributed by atoms with Gasteiger partial charge in [0.2, 0.25) is 0 Å². The number of hydrogen-bond donors (Lipinski definition) is 0. The molecule has 0 radical (unpaired) electrons. The molecule has 3 nitrogen and oxygen atoms in total. The van der Waals surface area contributed by atoms with Gasteiger partial charge in [-0.3, -0.25) is 0 Å². The zero-order valence-corrected chi connectivity index (χ0v) is 31.0. The van der Waals surface area contributed by atoms with Gasteiger partial charge in [-0.05, 0) is 95.1 Å². The average Bonchev–Trinajstić information content (AvgIpc) is 3.93. The molecular formula is C54H35N3. The first-order valence-electron chi connectivity index (χ1n) is 19.6. The number of benzene rings is 9. The number of aromatic nitrogens is 3. The Morgan fingerprint density at radius 3 is 1.26 bits per heavy atom. The molecule has 12 aromatic rings. The average molecular weight is 726 g/mol. The minimum Gasteiger partial charge on any atom is -0.309 e. The van der Waals surface area contributed by atoms with Gasteiger partial charge in [0, 0.05) is 49.4 Å². The van der Waals surface area contributed by atoms with Crippen molar-refractivity contribution in [2.75, 3.05) is 0 Å². The van der Waals surface area contributed by atoms with E-state index >= 15 is 0 Å². The SMILES string of the molecule is c1ccc(-c2cccc(-n3c4ccccc4c4c(-c5ccc(-n6c7ccccc7c7c8c9ccccc9n(-c9ccccc9)c8ccc76)cc5)cccc43)c2)cc1. The maximum Gasteiger partial charge on any atom is 0.0548 e. The second-order valence-electron chi connectivity index (χ2n) is 14.9. The van der Waals surface area contributed by atoms with Crippen LogP contribution in [0.25, 0.3) is 105 Å². The van der Waals surface area contributed by atoms with Gasteiger partial charge in [-0.1, -0.05) is 140 Å². The molecule has 0 spiro atoms. The molecule has 0 unspecified atom stereocenters. The summed E-state index contributed by atoms with van der Waals surface area (Å²) < 4.78 is 7.26. The Kier molecular flexibility index (Phi) is 6.93. The molecule has 0 saturated carbocycles. The van der Waals surface area contributed by atoms with Crippen LogP contribution < -0.4 is 0 Å². The van der Waals surface area contributed by atoms with Crippen LogP contribution in [0.5, 0.6) is 0 Å². The molecule has 266 valence electrons. The van der Waals surface area contributed by atoms with Crippen molar-refractivity contribution in [1.82, 2.24) is 13.7 Å². The van der Waals surface area contributed by atoms with E-state index in [1.165, 1.54) is 93.4 Å². The lowest BCUT2D eigenvalue weighted by Gasteiger charge is -2.12. The van der Waals surface area contributed by atoms with Crippen LogP contribution >= 0.6 is 0 Å². The molecule has 57 heavy (non-hydrogen) atoms. The third kappa shape index (κ3) is 4.73. The van der Waals surface area contributed by atoms with Crippen molar-refractivity contribution in [2.45, 2.75) is 0 Å². The van der Waals surface area contributed by atoms with Gasteiger partial charge in [0.15, 0.2) is 0 Å². The van der Waals surface area contributed by atoms with Crippen LogP contribution in [-0.2, 0) is 0 Å². The van der Waals surface area contributed by atoms with E-state index in [1.54, 1.807) is 0 Å². The molecule has 0 saturated heterocycles. The molecule has 0 bridgehead atoms. The van der Waals surface area contributed by atoms with Gasteiger partial charge in [0.25, 0.3) is 0 Å². The quantitative estimate of drug-likeness (QED) is 0.168. The van der Waals surface area contributed by atoms with E-state index in [9.17, 15) is 0 Å². The summed E-state index contributed by atoms with van der Waals surface area (Å²) >= 11 is 0. The smallest absolute Gasteiger partial charge is 0.0548 e. The fraction of sp³-hybridized carbons (Fsp3) is 0. The Hall–Kier alpha value is -7.62. The molecule has 0 atom stereocenters. The van der Waals surface area contributed by atoms with Gasteiger partial charge in [0.05, 0.1) is 33.1 Å². The molecular weight excluding hydrogens is 691 g/mol. The summed E-state index contributed by atoms with van der Waals surface area (Å²) in [6.45, 7) is 0. The molecule has 3 heterocycles. The summed E-state index contributed by atoms with van der Waals surface area (Å²) in [5.41, 5.74) is 15.5. The van der Waals surface area contributed by atoms with Crippen LogP contribution in [0.2, 0.25) is 0 Å². The zero-order chi connectivity index (χ0) is 37.5. The lowest BCUT2D eigenvalue weighted by atomic mass is 9.99. The lowest BCUT2D eigenvalue weighted by Crippen LogP contribution is -1.95. The van der Waals surface area contributed by atoms with E-state index < -0.39 is 0 Å². The van der Waals surface area contributed by atoms with Gasteiger partial charge >= 0.3 is 0 Å². The highest BCUT2D eigenvalue weighted by Gasteiger charge is 2.21. The molecule has 3 aromatic heterocycles. The number of para-hydroxylation sites is 4. The molecule has 9 aromatic carbocycles. The minimum atomic E-state index is 1.14. The largest absolute Gasteiger partial charge is 0.309 e. The van der Waals surface area contributed by atoms with E-state index in [0.717, 1.165) is 11.4 Å². The maximum absolute atomic E-state index is 2.44. The van der Waals surface area contributed by atoms with Crippen LogP contribution in [0.15, 0.2) is 212 Å². The number of nitrogens with zero attached hydrogens (tertiary/aromatic N) is 3. The van der Waals surface area contributed by atoms with E-state index in [4.69, 9.17) is 0 Å². The van der Waals surface area contributed by atoms with Gasteiger partial charge in [-0.25, -0.2) is 0 Å². The molecule has 0 aliphatic heterocycles. The summed E-state index contributed by atoms with van der Waals surface area (Å²) in [5.74, 6) is 0. The Labute approximate surface area is 329 Å². The first-order chi connectivity index (χ1) is 28.3. The third-order valence-corrected chi connectivity index (χ3v) is 11.8. The van der Waals surface area contributed by atoms with E-state index in [0.29, 0.717) is 0 Å². The van der Waals surface area contributed by atoms with Crippen LogP contribution in [0.3, 0.4) is 0 Å². The highest BCUT2D eigenvalue weighted by molar-refractivity contribution is 6.29. The first-order valence-corrected chi connectivity index (χ1v) is 19.6. The fourth-order valence-corrected chi connectivity index (χ4v) is 9.43. The topological polar surface area (TPSA) is 14.8 Å². The zero-order valence-electron chi connectivity index (χ0n) is 31.0. The first kappa shape index (κ1) is 31.7. The molecule has 0 fully saturated rings. The second kappa shape index (κ2) is 12.5. The van der Waals surface area contributed by atoms with Crippen molar-refractivity contribution in [3.05, 3.63) is 212 Å². The highest BCUT2D eigenvalue weighted by Crippen LogP contribution is 2.43. The molecule has 0 aliphatic carbocycles. The predicted molar refractivity (Wildman–Crippen MR) is 240 cm³/mol. The monoisotopic (exact) mass is 725 g/mol. The second-order valence-corrected chi connectivity index (χ2v) is 14.9. The maximum atomic E-state index is 2.44. The van der Waals surface area contributed by atoms with Crippen LogP contribution in [0.4, 0.5) is 0 Å². The Morgan fingerprint density at radius 2 is 0.649 bits per heavy atom. The normalized spacial score (nSPS) is 11.9. The predicted octanol–water partition coefficient (Wildman–Crippen LogP) is 14.3. The Balaban J connectivity index is 1.04. The number of fused-ring (bicyclic) bond motifs is 10. The van der Waals surface area contributed by atoms with Crippen LogP contribution in [-0.4, -0.2) is 13.7 Å². The van der Waals surface area contributed by atoms with Crippen molar-refractivity contribution in [2.24, 2.45) is 0 Å². The van der Waals surface area contributed by atoms with Crippen molar-refractivity contribution in [3.63, 3.8) is 0 Å². The Bertz CT molecular complexity index is 3490. The highest BCUT2D eigenvalue weighted by atomic mass is 15.0. The summed E-state index contributed by atoms with van der Waals surface area (Å²) in [6, 6.07) is 77.3. The molecule has 12 rings (SSSR count). The van der Waals surface area contributed by atoms with Crippen molar-refractivity contribution < 1.29 is 0 Å². The lowest BCUT2D eigenvalue weighted by molar-refractivity contribution is 1.17. The molecule has 0 aliphatic rings. The van der Waals surface area contributed by atoms with Crippen LogP contribution in [0.1, 0.15) is 0 Å². The van der Waals surface area contributed by atoms with E-state index in [-0.39, 0.29) is 0 Å². The van der Waals surface area contributed by atoms with E-state index in [1.807, 2.05) is 0 Å². The van der Waals surface area contributed by atoms with Gasteiger partial charge in [-0.15, -0.1) is 0 Å². The summed E-state index contributed by atoms with van der Waals surface area (Å²) in [4.78, 5) is 0.